The molecular formula is C19H14F5N3O. The molecular weight excluding hydrogens is 381 g/mol. The number of hydrogen-bond donors (Lipinski definition) is 2. The first-order valence-corrected chi connectivity index (χ1v) is 8.08. The molecule has 1 atom stereocenters. The zero-order valence-electron chi connectivity index (χ0n) is 14.2. The summed E-state index contributed by atoms with van der Waals surface area (Å²) in [5, 5.41) is 13.2. The van der Waals surface area contributed by atoms with Gasteiger partial charge >= 0.3 is 6.18 Å². The molecule has 0 saturated heterocycles. The average molecular weight is 395 g/mol. The zero-order chi connectivity index (χ0) is 20.3. The van der Waals surface area contributed by atoms with Crippen LogP contribution in [0.3, 0.4) is 0 Å². The lowest BCUT2D eigenvalue weighted by molar-refractivity contribution is -0.137. The third kappa shape index (κ3) is 4.80. The maximum Gasteiger partial charge on any atom is 0.416 e. The molecule has 2 aromatic carbocycles. The number of nitrogens with zero attached hydrogens (tertiary/aromatic N) is 2. The Morgan fingerprint density at radius 2 is 1.54 bits per heavy atom. The molecule has 2 N–H and O–H groups in total. The van der Waals surface area contributed by atoms with Crippen LogP contribution < -0.4 is 5.32 Å². The van der Waals surface area contributed by atoms with Gasteiger partial charge in [0, 0.05) is 24.5 Å². The van der Waals surface area contributed by atoms with Crippen LogP contribution >= 0.6 is 0 Å². The van der Waals surface area contributed by atoms with Crippen molar-refractivity contribution in [3.05, 3.63) is 88.7 Å². The molecule has 0 aliphatic rings. The molecule has 1 aromatic heterocycles. The number of hydrogen-bond acceptors (Lipinski definition) is 4. The van der Waals surface area contributed by atoms with E-state index in [0.717, 1.165) is 11.6 Å². The highest BCUT2D eigenvalue weighted by molar-refractivity contribution is 5.35. The van der Waals surface area contributed by atoms with E-state index >= 15 is 0 Å². The van der Waals surface area contributed by atoms with Crippen LogP contribution in [0, 0.1) is 11.6 Å². The van der Waals surface area contributed by atoms with Crippen LogP contribution in [-0.2, 0) is 12.7 Å². The molecule has 1 unspecified atom stereocenters. The van der Waals surface area contributed by atoms with Crippen molar-refractivity contribution in [3.63, 3.8) is 0 Å². The summed E-state index contributed by atoms with van der Waals surface area (Å²) in [6, 6.07) is 7.65. The Kier molecular flexibility index (Phi) is 5.55. The highest BCUT2D eigenvalue weighted by Crippen LogP contribution is 2.33. The lowest BCUT2D eigenvalue weighted by atomic mass is 10.0. The number of alkyl halides is 3. The van der Waals surface area contributed by atoms with E-state index in [9.17, 15) is 27.1 Å². The quantitative estimate of drug-likeness (QED) is 0.626. The summed E-state index contributed by atoms with van der Waals surface area (Å²) in [6.45, 7) is 0.320. The SMILES string of the molecule is OC(c1cnc(NCc2ccc(F)cc2)nc1)c1cc(F)cc(C(F)(F)F)c1. The highest BCUT2D eigenvalue weighted by Gasteiger charge is 2.32. The van der Waals surface area contributed by atoms with Gasteiger partial charge in [-0.15, -0.1) is 0 Å². The minimum atomic E-state index is -4.73. The molecule has 0 saturated carbocycles. The summed E-state index contributed by atoms with van der Waals surface area (Å²) < 4.78 is 64.8. The molecule has 3 aromatic rings. The second kappa shape index (κ2) is 7.89. The summed E-state index contributed by atoms with van der Waals surface area (Å²) in [5.41, 5.74) is -0.567. The first kappa shape index (κ1) is 19.7. The van der Waals surface area contributed by atoms with Gasteiger partial charge in [0.25, 0.3) is 0 Å². The molecule has 0 fully saturated rings. The van der Waals surface area contributed by atoms with E-state index in [0.29, 0.717) is 18.7 Å². The molecule has 4 nitrogen and oxygen atoms in total. The second-order valence-electron chi connectivity index (χ2n) is 5.99. The standard InChI is InChI=1S/C19H14F5N3O/c20-15-3-1-11(2-4-15)8-25-18-26-9-13(10-27-18)17(28)12-5-14(19(22,23)24)7-16(21)6-12/h1-7,9-10,17,28H,8H2,(H,25,26,27). The molecule has 0 amide bonds. The number of anilines is 1. The van der Waals surface area contributed by atoms with E-state index in [4.69, 9.17) is 0 Å². The van der Waals surface area contributed by atoms with Crippen LogP contribution in [0.1, 0.15) is 28.4 Å². The highest BCUT2D eigenvalue weighted by atomic mass is 19.4. The Balaban J connectivity index is 1.72. The third-order valence-electron chi connectivity index (χ3n) is 3.91. The van der Waals surface area contributed by atoms with Crippen LogP contribution in [-0.4, -0.2) is 15.1 Å². The maximum absolute atomic E-state index is 13.5. The average Bonchev–Trinajstić information content (AvgIpc) is 2.66. The summed E-state index contributed by atoms with van der Waals surface area (Å²) in [6.07, 6.45) is -3.81. The van der Waals surface area contributed by atoms with Gasteiger partial charge in [0.15, 0.2) is 0 Å². The molecule has 28 heavy (non-hydrogen) atoms. The molecule has 0 bridgehead atoms. The van der Waals surface area contributed by atoms with Gasteiger partial charge in [-0.2, -0.15) is 13.2 Å². The van der Waals surface area contributed by atoms with Gasteiger partial charge in [-0.25, -0.2) is 18.7 Å². The van der Waals surface area contributed by atoms with Crippen LogP contribution in [0.4, 0.5) is 27.9 Å². The van der Waals surface area contributed by atoms with Crippen molar-refractivity contribution < 1.29 is 27.1 Å². The lowest BCUT2D eigenvalue weighted by Crippen LogP contribution is -2.09. The fourth-order valence-electron chi connectivity index (χ4n) is 2.48. The topological polar surface area (TPSA) is 58.0 Å². The van der Waals surface area contributed by atoms with E-state index in [-0.39, 0.29) is 22.9 Å². The van der Waals surface area contributed by atoms with Gasteiger partial charge in [-0.3, -0.25) is 0 Å². The number of aliphatic hydroxyl groups is 1. The maximum atomic E-state index is 13.5. The summed E-state index contributed by atoms with van der Waals surface area (Å²) >= 11 is 0. The Morgan fingerprint density at radius 3 is 2.14 bits per heavy atom. The number of rotatable bonds is 5. The minimum absolute atomic E-state index is 0.103. The van der Waals surface area contributed by atoms with Gasteiger partial charge in [0.05, 0.1) is 5.56 Å². The number of aromatic nitrogens is 2. The van der Waals surface area contributed by atoms with E-state index in [1.165, 1.54) is 24.5 Å². The Hall–Kier alpha value is -3.07. The first-order valence-electron chi connectivity index (χ1n) is 8.08. The summed E-state index contributed by atoms with van der Waals surface area (Å²) in [4.78, 5) is 7.96. The van der Waals surface area contributed by atoms with Crippen LogP contribution in [0.25, 0.3) is 0 Å². The molecule has 9 heteroatoms. The molecule has 146 valence electrons. The van der Waals surface area contributed by atoms with Crippen molar-refractivity contribution in [2.75, 3.05) is 5.32 Å². The van der Waals surface area contributed by atoms with Crippen molar-refractivity contribution in [1.29, 1.82) is 0 Å². The Labute approximate surface area is 156 Å². The molecule has 0 radical (unpaired) electrons. The minimum Gasteiger partial charge on any atom is -0.384 e. The zero-order valence-corrected chi connectivity index (χ0v) is 14.2. The van der Waals surface area contributed by atoms with Gasteiger partial charge < -0.3 is 10.4 Å². The normalized spacial score (nSPS) is 12.6. The van der Waals surface area contributed by atoms with Gasteiger partial charge in [0.1, 0.15) is 17.7 Å². The smallest absolute Gasteiger partial charge is 0.384 e. The molecule has 1 heterocycles. The van der Waals surface area contributed by atoms with Crippen molar-refractivity contribution in [1.82, 2.24) is 9.97 Å². The Bertz CT molecular complexity index is 943. The number of halogens is 5. The number of benzene rings is 2. The number of aliphatic hydroxyl groups excluding tert-OH is 1. The second-order valence-corrected chi connectivity index (χ2v) is 5.99. The van der Waals surface area contributed by atoms with Crippen LogP contribution in [0.5, 0.6) is 0 Å². The van der Waals surface area contributed by atoms with Crippen molar-refractivity contribution >= 4 is 5.95 Å². The van der Waals surface area contributed by atoms with E-state index < -0.39 is 23.7 Å². The van der Waals surface area contributed by atoms with Crippen molar-refractivity contribution in [3.8, 4) is 0 Å². The Morgan fingerprint density at radius 1 is 0.893 bits per heavy atom. The van der Waals surface area contributed by atoms with Crippen molar-refractivity contribution in [2.45, 2.75) is 18.8 Å². The van der Waals surface area contributed by atoms with Gasteiger partial charge in [-0.1, -0.05) is 12.1 Å². The molecule has 0 aliphatic carbocycles. The molecule has 3 rings (SSSR count). The lowest BCUT2D eigenvalue weighted by Gasteiger charge is -2.14. The summed E-state index contributed by atoms with van der Waals surface area (Å²) in [5.74, 6) is -1.26. The van der Waals surface area contributed by atoms with E-state index in [1.54, 1.807) is 12.1 Å². The van der Waals surface area contributed by atoms with E-state index in [2.05, 4.69) is 15.3 Å². The van der Waals surface area contributed by atoms with Gasteiger partial charge in [0.2, 0.25) is 5.95 Å². The van der Waals surface area contributed by atoms with Crippen LogP contribution in [0.15, 0.2) is 54.9 Å². The van der Waals surface area contributed by atoms with E-state index in [1.807, 2.05) is 0 Å². The predicted molar refractivity (Wildman–Crippen MR) is 91.2 cm³/mol. The fourth-order valence-corrected chi connectivity index (χ4v) is 2.48. The predicted octanol–water partition coefficient (Wildman–Crippen LogP) is 4.47. The monoisotopic (exact) mass is 395 g/mol. The third-order valence-corrected chi connectivity index (χ3v) is 3.91. The summed E-state index contributed by atoms with van der Waals surface area (Å²) in [7, 11) is 0. The largest absolute Gasteiger partial charge is 0.416 e. The first-order chi connectivity index (χ1) is 13.2. The molecule has 0 aliphatic heterocycles. The van der Waals surface area contributed by atoms with Gasteiger partial charge in [-0.05, 0) is 41.5 Å². The molecule has 0 spiro atoms. The number of nitrogens with one attached hydrogen (secondary N) is 1. The van der Waals surface area contributed by atoms with Crippen molar-refractivity contribution in [2.24, 2.45) is 0 Å². The van der Waals surface area contributed by atoms with Crippen LogP contribution in [0.2, 0.25) is 0 Å². The fraction of sp³-hybridized carbons (Fsp3) is 0.158.